The number of thiophene rings is 1. The van der Waals surface area contributed by atoms with Gasteiger partial charge in [0.15, 0.2) is 11.8 Å². The number of nitrogens with zero attached hydrogens (tertiary/aromatic N) is 4. The van der Waals surface area contributed by atoms with Crippen molar-refractivity contribution in [3.05, 3.63) is 34.0 Å². The topological polar surface area (TPSA) is 67.1 Å². The molecule has 1 unspecified atom stereocenters. The molecule has 6 nitrogen and oxygen atoms in total. The average Bonchev–Trinajstić information content (AvgIpc) is 3.36. The second-order valence-electron chi connectivity index (χ2n) is 8.27. The maximum Gasteiger partial charge on any atom is 0.191 e. The number of hydrogen-bond acceptors (Lipinski definition) is 4. The lowest BCUT2D eigenvalue weighted by atomic mass is 9.85. The van der Waals surface area contributed by atoms with E-state index >= 15 is 0 Å². The van der Waals surface area contributed by atoms with Crippen LogP contribution in [0.2, 0.25) is 0 Å². The van der Waals surface area contributed by atoms with Crippen LogP contribution in [0.25, 0.3) is 0 Å². The second-order valence-corrected chi connectivity index (χ2v) is 9.30. The van der Waals surface area contributed by atoms with Crippen LogP contribution in [-0.2, 0) is 20.0 Å². The van der Waals surface area contributed by atoms with Crippen molar-refractivity contribution < 1.29 is 0 Å². The van der Waals surface area contributed by atoms with Gasteiger partial charge < -0.3 is 15.2 Å². The van der Waals surface area contributed by atoms with Crippen LogP contribution in [0.15, 0.2) is 22.5 Å². The molecule has 3 rings (SSSR count). The molecule has 0 saturated heterocycles. The van der Waals surface area contributed by atoms with Crippen molar-refractivity contribution in [1.29, 1.82) is 0 Å². The van der Waals surface area contributed by atoms with E-state index in [-0.39, 0.29) is 0 Å². The third kappa shape index (κ3) is 7.14. The number of hydrogen-bond donors (Lipinski definition) is 2. The molecule has 1 aliphatic rings. The number of aryl methyl sites for hydroxylation is 1. The highest BCUT2D eigenvalue weighted by Gasteiger charge is 2.15. The molecule has 2 aromatic heterocycles. The van der Waals surface area contributed by atoms with E-state index in [0.717, 1.165) is 36.5 Å². The number of guanidine groups is 1. The molecule has 0 aromatic carbocycles. The van der Waals surface area contributed by atoms with E-state index in [0.29, 0.717) is 12.6 Å². The predicted molar refractivity (Wildman–Crippen MR) is 121 cm³/mol. The van der Waals surface area contributed by atoms with E-state index < -0.39 is 0 Å². The molecule has 0 amide bonds. The maximum atomic E-state index is 4.80. The monoisotopic (exact) mass is 416 g/mol. The molecule has 0 spiro atoms. The summed E-state index contributed by atoms with van der Waals surface area (Å²) in [5.41, 5.74) is 0. The zero-order valence-electron chi connectivity index (χ0n) is 18.2. The van der Waals surface area contributed by atoms with Crippen molar-refractivity contribution in [3.63, 3.8) is 0 Å². The van der Waals surface area contributed by atoms with E-state index in [2.05, 4.69) is 45.3 Å². The summed E-state index contributed by atoms with van der Waals surface area (Å²) < 4.78 is 2.00. The standard InChI is InChI=1S/C22H36N6S/c1-17(11-12-19-8-5-4-6-9-19)25-22(23-14-13-20-10-7-15-29-20)24-16-21-27-26-18(2)28(21)3/h7,10,15,17,19H,4-6,8-9,11-14,16H2,1-3H3,(H2,23,24,25). The summed E-state index contributed by atoms with van der Waals surface area (Å²) in [6.45, 7) is 5.64. The van der Waals surface area contributed by atoms with Gasteiger partial charge in [-0.2, -0.15) is 0 Å². The zero-order chi connectivity index (χ0) is 20.5. The summed E-state index contributed by atoms with van der Waals surface area (Å²) in [6, 6.07) is 4.70. The minimum Gasteiger partial charge on any atom is -0.356 e. The van der Waals surface area contributed by atoms with Crippen LogP contribution < -0.4 is 10.6 Å². The van der Waals surface area contributed by atoms with Crippen molar-refractivity contribution in [2.45, 2.75) is 77.8 Å². The van der Waals surface area contributed by atoms with Crippen molar-refractivity contribution in [1.82, 2.24) is 25.4 Å². The number of nitrogens with one attached hydrogen (secondary N) is 2. The third-order valence-corrected chi connectivity index (χ3v) is 6.86. The molecule has 1 fully saturated rings. The zero-order valence-corrected chi connectivity index (χ0v) is 19.0. The highest BCUT2D eigenvalue weighted by Crippen LogP contribution is 2.27. The summed E-state index contributed by atoms with van der Waals surface area (Å²) in [5, 5.41) is 17.6. The number of aromatic nitrogens is 3. The van der Waals surface area contributed by atoms with Crippen LogP contribution in [0.3, 0.4) is 0 Å². The van der Waals surface area contributed by atoms with Gasteiger partial charge in [-0.15, -0.1) is 21.5 Å². The van der Waals surface area contributed by atoms with E-state index in [1.165, 1.54) is 49.8 Å². The van der Waals surface area contributed by atoms with E-state index in [1.807, 2.05) is 18.5 Å². The van der Waals surface area contributed by atoms with Crippen LogP contribution in [-0.4, -0.2) is 33.3 Å². The van der Waals surface area contributed by atoms with Gasteiger partial charge in [0.05, 0.1) is 0 Å². The fourth-order valence-electron chi connectivity index (χ4n) is 3.92. The summed E-state index contributed by atoms with van der Waals surface area (Å²) in [6.07, 6.45) is 10.6. The summed E-state index contributed by atoms with van der Waals surface area (Å²) >= 11 is 1.81. The molecule has 29 heavy (non-hydrogen) atoms. The van der Waals surface area contributed by atoms with Crippen molar-refractivity contribution >= 4 is 17.3 Å². The molecule has 0 aliphatic heterocycles. The normalized spacial score (nSPS) is 16.7. The Balaban J connectivity index is 1.53. The Labute approximate surface area is 179 Å². The number of aliphatic imine (C=N–C) groups is 1. The Kier molecular flexibility index (Phi) is 8.52. The largest absolute Gasteiger partial charge is 0.356 e. The van der Waals surface area contributed by atoms with Gasteiger partial charge in [0.2, 0.25) is 0 Å². The molecule has 160 valence electrons. The molecule has 2 N–H and O–H groups in total. The molecule has 1 atom stereocenters. The number of rotatable bonds is 9. The van der Waals surface area contributed by atoms with Crippen molar-refractivity contribution in [3.8, 4) is 0 Å². The van der Waals surface area contributed by atoms with Crippen molar-refractivity contribution in [2.24, 2.45) is 18.0 Å². The van der Waals surface area contributed by atoms with Crippen LogP contribution >= 0.6 is 11.3 Å². The first-order valence-corrected chi connectivity index (χ1v) is 11.9. The summed E-state index contributed by atoms with van der Waals surface area (Å²) in [5.74, 6) is 3.59. The van der Waals surface area contributed by atoms with Gasteiger partial charge in [0, 0.05) is 24.5 Å². The van der Waals surface area contributed by atoms with E-state index in [9.17, 15) is 0 Å². The molecule has 1 saturated carbocycles. The first-order valence-electron chi connectivity index (χ1n) is 11.0. The molecule has 1 aliphatic carbocycles. The first-order chi connectivity index (χ1) is 14.1. The van der Waals surface area contributed by atoms with Gasteiger partial charge in [0.25, 0.3) is 0 Å². The summed E-state index contributed by atoms with van der Waals surface area (Å²) in [7, 11) is 1.99. The fourth-order valence-corrected chi connectivity index (χ4v) is 4.63. The molecule has 0 bridgehead atoms. The summed E-state index contributed by atoms with van der Waals surface area (Å²) in [4.78, 5) is 6.19. The van der Waals surface area contributed by atoms with E-state index in [4.69, 9.17) is 4.99 Å². The Morgan fingerprint density at radius 1 is 1.31 bits per heavy atom. The molecular weight excluding hydrogens is 380 g/mol. The van der Waals surface area contributed by atoms with Crippen molar-refractivity contribution in [2.75, 3.05) is 6.54 Å². The Hall–Kier alpha value is -1.89. The quantitative estimate of drug-likeness (QED) is 0.475. The Bertz CT molecular complexity index is 745. The minimum atomic E-state index is 0.408. The maximum absolute atomic E-state index is 4.80. The fraction of sp³-hybridized carbons (Fsp3) is 0.682. The Morgan fingerprint density at radius 2 is 2.14 bits per heavy atom. The molecule has 2 heterocycles. The smallest absolute Gasteiger partial charge is 0.191 e. The van der Waals surface area contributed by atoms with Gasteiger partial charge >= 0.3 is 0 Å². The molecule has 2 aromatic rings. The SMILES string of the molecule is Cc1nnc(CN=C(NCCc2cccs2)NC(C)CCC2CCCCC2)n1C. The minimum absolute atomic E-state index is 0.408. The Morgan fingerprint density at radius 3 is 2.83 bits per heavy atom. The highest BCUT2D eigenvalue weighted by molar-refractivity contribution is 7.09. The predicted octanol–water partition coefficient (Wildman–Crippen LogP) is 4.21. The molecule has 0 radical (unpaired) electrons. The van der Waals surface area contributed by atoms with Gasteiger partial charge in [-0.25, -0.2) is 4.99 Å². The van der Waals surface area contributed by atoms with Crippen LogP contribution in [0, 0.1) is 12.8 Å². The van der Waals surface area contributed by atoms with Gasteiger partial charge in [-0.05, 0) is 50.5 Å². The lowest BCUT2D eigenvalue weighted by Crippen LogP contribution is -2.43. The van der Waals surface area contributed by atoms with Gasteiger partial charge in [-0.1, -0.05) is 38.2 Å². The third-order valence-electron chi connectivity index (χ3n) is 5.92. The lowest BCUT2D eigenvalue weighted by molar-refractivity contribution is 0.322. The van der Waals surface area contributed by atoms with Crippen LogP contribution in [0.5, 0.6) is 0 Å². The lowest BCUT2D eigenvalue weighted by Gasteiger charge is -2.24. The van der Waals surface area contributed by atoms with Gasteiger partial charge in [-0.3, -0.25) is 0 Å². The second kappa shape index (κ2) is 11.3. The van der Waals surface area contributed by atoms with Crippen LogP contribution in [0.4, 0.5) is 0 Å². The van der Waals surface area contributed by atoms with E-state index in [1.54, 1.807) is 11.3 Å². The highest BCUT2D eigenvalue weighted by atomic mass is 32.1. The average molecular weight is 417 g/mol. The molecule has 7 heteroatoms. The van der Waals surface area contributed by atoms with Crippen LogP contribution in [0.1, 0.15) is 68.4 Å². The van der Waals surface area contributed by atoms with Gasteiger partial charge in [0.1, 0.15) is 12.4 Å². The molecular formula is C22H36N6S. The first kappa shape index (κ1) is 21.8.